The van der Waals surface area contributed by atoms with E-state index in [9.17, 15) is 0 Å². The molecule has 36 valence electrons. The van der Waals surface area contributed by atoms with Gasteiger partial charge in [-0.3, -0.25) is 0 Å². The van der Waals surface area contributed by atoms with Crippen LogP contribution in [0.5, 0.6) is 0 Å². The van der Waals surface area contributed by atoms with Gasteiger partial charge >= 0.3 is 79.9 Å². The third kappa shape index (κ3) is 31.6. The largest absolute Gasteiger partial charge is 2.00 e. The van der Waals surface area contributed by atoms with Crippen LogP contribution in [-0.2, 0) is 0 Å². The zero-order chi connectivity index (χ0) is 0. The number of rotatable bonds is 0. The molecule has 0 aromatic heterocycles. The van der Waals surface area contributed by atoms with Crippen LogP contribution in [0.3, 0.4) is 0 Å². The SMILES string of the molecule is [OH-].[OH-].[OH-].[OH-].[Th+2].[Th+2]. The van der Waals surface area contributed by atoms with Crippen LogP contribution in [-0.4, -0.2) is 21.9 Å². The summed E-state index contributed by atoms with van der Waals surface area (Å²) >= 11 is 0. The molecule has 0 saturated carbocycles. The Balaban J connectivity index is 0. The molecule has 0 aliphatic carbocycles. The van der Waals surface area contributed by atoms with Gasteiger partial charge in [-0.1, -0.05) is 0 Å². The zero-order valence-corrected chi connectivity index (χ0v) is 11.0. The molecule has 0 aliphatic heterocycles. The average molecular weight is 532 g/mol. The van der Waals surface area contributed by atoms with Crippen molar-refractivity contribution in [2.75, 3.05) is 0 Å². The minimum atomic E-state index is 0. The van der Waals surface area contributed by atoms with Crippen LogP contribution in [0.4, 0.5) is 0 Å². The molecule has 4 nitrogen and oxygen atoms in total. The molecule has 0 bridgehead atoms. The summed E-state index contributed by atoms with van der Waals surface area (Å²) in [6.45, 7) is 0. The summed E-state index contributed by atoms with van der Waals surface area (Å²) in [5.74, 6) is 0. The maximum Gasteiger partial charge on any atom is 2.00 e. The molecule has 0 saturated heterocycles. The minimum Gasteiger partial charge on any atom is -0.870 e. The Hall–Kier alpha value is 2.49. The molecule has 4 N–H and O–H groups in total. The van der Waals surface area contributed by atoms with E-state index < -0.39 is 0 Å². The Morgan fingerprint density at radius 2 is 0.333 bits per heavy atom. The standard InChI is InChI=1S/4H2O.2Th/h4*1H2;;/q;;;;2*+2/p-4. The van der Waals surface area contributed by atoms with E-state index in [4.69, 9.17) is 0 Å². The maximum absolute atomic E-state index is 0. The van der Waals surface area contributed by atoms with Gasteiger partial charge in [0.15, 0.2) is 0 Å². The van der Waals surface area contributed by atoms with E-state index in [1.807, 2.05) is 0 Å². The van der Waals surface area contributed by atoms with E-state index in [0.29, 0.717) is 0 Å². The Morgan fingerprint density at radius 1 is 0.333 bits per heavy atom. The van der Waals surface area contributed by atoms with Crippen LogP contribution in [0.25, 0.3) is 0 Å². The molecule has 0 aromatic carbocycles. The van der Waals surface area contributed by atoms with Gasteiger partial charge in [-0.25, -0.2) is 0 Å². The van der Waals surface area contributed by atoms with E-state index >= 15 is 0 Å². The van der Waals surface area contributed by atoms with Gasteiger partial charge in [0.05, 0.1) is 0 Å². The summed E-state index contributed by atoms with van der Waals surface area (Å²) in [5.41, 5.74) is 0. The van der Waals surface area contributed by atoms with Crippen molar-refractivity contribution in [3.8, 4) is 0 Å². The predicted octanol–water partition coefficient (Wildman–Crippen LogP) is -0.707. The van der Waals surface area contributed by atoms with Crippen LogP contribution in [0, 0.1) is 79.9 Å². The number of hydrogen-bond donors (Lipinski definition) is 0. The van der Waals surface area contributed by atoms with Crippen molar-refractivity contribution < 1.29 is 102 Å². The van der Waals surface area contributed by atoms with Gasteiger partial charge in [-0.2, -0.15) is 0 Å². The fraction of sp³-hybridized carbons (Fsp3) is 0. The fourth-order valence-electron chi connectivity index (χ4n) is 0. The second kappa shape index (κ2) is 50.9. The average Bonchev–Trinajstić information content (AvgIpc) is 0. The summed E-state index contributed by atoms with van der Waals surface area (Å²) < 4.78 is 0. The second-order valence-electron chi connectivity index (χ2n) is 0. The second-order valence-corrected chi connectivity index (χ2v) is 0. The number of hydrogen-bond acceptors (Lipinski definition) is 4. The van der Waals surface area contributed by atoms with Crippen LogP contribution < -0.4 is 0 Å². The van der Waals surface area contributed by atoms with Crippen molar-refractivity contribution in [1.82, 2.24) is 0 Å². The summed E-state index contributed by atoms with van der Waals surface area (Å²) in [6.07, 6.45) is 0. The Bertz CT molecular complexity index is 5.51. The van der Waals surface area contributed by atoms with Gasteiger partial charge in [-0.05, 0) is 0 Å². The van der Waals surface area contributed by atoms with Crippen molar-refractivity contribution >= 4 is 0 Å². The zero-order valence-electron chi connectivity index (χ0n) is 2.79. The Morgan fingerprint density at radius 3 is 0.333 bits per heavy atom. The molecule has 6 heteroatoms. The molecule has 0 radical (unpaired) electrons. The van der Waals surface area contributed by atoms with Crippen LogP contribution in [0.2, 0.25) is 0 Å². The van der Waals surface area contributed by atoms with Gasteiger partial charge in [0, 0.05) is 0 Å². The van der Waals surface area contributed by atoms with Crippen molar-refractivity contribution in [3.63, 3.8) is 0 Å². The fourth-order valence-corrected chi connectivity index (χ4v) is 0. The molecule has 0 aliphatic rings. The Kier molecular flexibility index (Phi) is 652. The maximum atomic E-state index is 0. The van der Waals surface area contributed by atoms with E-state index in [2.05, 4.69) is 0 Å². The van der Waals surface area contributed by atoms with Crippen molar-refractivity contribution in [2.24, 2.45) is 0 Å². The smallest absolute Gasteiger partial charge is 0.870 e. The third-order valence-electron chi connectivity index (χ3n) is 0. The molecular weight excluding hydrogens is 528 g/mol. The van der Waals surface area contributed by atoms with Gasteiger partial charge < -0.3 is 21.9 Å². The quantitative estimate of drug-likeness (QED) is 0.410. The van der Waals surface area contributed by atoms with Crippen LogP contribution >= 0.6 is 0 Å². The molecule has 0 unspecified atom stereocenters. The minimum absolute atomic E-state index is 0. The van der Waals surface area contributed by atoms with Crippen molar-refractivity contribution in [1.29, 1.82) is 0 Å². The molecule has 0 spiro atoms. The van der Waals surface area contributed by atoms with E-state index in [0.717, 1.165) is 0 Å². The monoisotopic (exact) mass is 532 g/mol. The van der Waals surface area contributed by atoms with Gasteiger partial charge in [0.1, 0.15) is 0 Å². The first-order valence-electron chi connectivity index (χ1n) is 0. The Labute approximate surface area is 99.7 Å². The molecule has 0 amide bonds. The summed E-state index contributed by atoms with van der Waals surface area (Å²) in [6, 6.07) is 0. The molecule has 0 atom stereocenters. The summed E-state index contributed by atoms with van der Waals surface area (Å²) in [5, 5.41) is 0. The predicted molar refractivity (Wildman–Crippen MR) is 7.74 cm³/mol. The first-order chi connectivity index (χ1) is 0. The summed E-state index contributed by atoms with van der Waals surface area (Å²) in [4.78, 5) is 0. The molecule has 0 aromatic rings. The first kappa shape index (κ1) is 76.8. The van der Waals surface area contributed by atoms with Crippen molar-refractivity contribution in [3.05, 3.63) is 0 Å². The van der Waals surface area contributed by atoms with Gasteiger partial charge in [0.25, 0.3) is 0 Å². The van der Waals surface area contributed by atoms with E-state index in [1.54, 1.807) is 0 Å². The normalized spacial score (nSPS) is 0. The van der Waals surface area contributed by atoms with E-state index in [1.165, 1.54) is 0 Å². The van der Waals surface area contributed by atoms with Gasteiger partial charge in [0.2, 0.25) is 0 Å². The molecule has 0 heterocycles. The molecular formula is H4O4Th2. The summed E-state index contributed by atoms with van der Waals surface area (Å²) in [7, 11) is 0. The third-order valence-corrected chi connectivity index (χ3v) is 0. The molecule has 6 heavy (non-hydrogen) atoms. The van der Waals surface area contributed by atoms with Crippen LogP contribution in [0.15, 0.2) is 0 Å². The van der Waals surface area contributed by atoms with Gasteiger partial charge in [-0.15, -0.1) is 0 Å². The van der Waals surface area contributed by atoms with E-state index in [-0.39, 0.29) is 102 Å². The molecule has 0 fully saturated rings. The molecule has 0 rings (SSSR count). The van der Waals surface area contributed by atoms with Crippen molar-refractivity contribution in [2.45, 2.75) is 0 Å². The first-order valence-corrected chi connectivity index (χ1v) is 0. The van der Waals surface area contributed by atoms with Crippen LogP contribution in [0.1, 0.15) is 0 Å². The topological polar surface area (TPSA) is 120 Å².